The summed E-state index contributed by atoms with van der Waals surface area (Å²) in [6.45, 7) is 2.01. The van der Waals surface area contributed by atoms with E-state index in [1.54, 1.807) is 4.90 Å². The summed E-state index contributed by atoms with van der Waals surface area (Å²) < 4.78 is 34.2. The van der Waals surface area contributed by atoms with E-state index in [-0.39, 0.29) is 18.0 Å². The van der Waals surface area contributed by atoms with Gasteiger partial charge in [0.1, 0.15) is 11.6 Å². The van der Waals surface area contributed by atoms with Crippen LogP contribution in [0.2, 0.25) is 0 Å². The lowest BCUT2D eigenvalue weighted by atomic mass is 9.93. The topological polar surface area (TPSA) is 32.8 Å². The van der Waals surface area contributed by atoms with Crippen LogP contribution in [0.3, 0.4) is 0 Å². The summed E-state index contributed by atoms with van der Waals surface area (Å²) in [7, 11) is 0. The molecule has 0 saturated carbocycles. The van der Waals surface area contributed by atoms with E-state index in [4.69, 9.17) is 4.74 Å². The van der Waals surface area contributed by atoms with Crippen LogP contribution in [0.5, 0.6) is 0 Å². The summed E-state index contributed by atoms with van der Waals surface area (Å²) in [5, 5.41) is 0. The van der Waals surface area contributed by atoms with Gasteiger partial charge in [0, 0.05) is 37.4 Å². The number of carbonyl (C=O) groups is 1. The number of ether oxygens (including phenoxy) is 1. The highest BCUT2D eigenvalue weighted by molar-refractivity contribution is 6.00. The van der Waals surface area contributed by atoms with Crippen LogP contribution in [0.4, 0.5) is 14.5 Å². The van der Waals surface area contributed by atoms with Crippen LogP contribution in [-0.2, 0) is 16.1 Å². The first-order valence-corrected chi connectivity index (χ1v) is 9.75. The Balaban J connectivity index is 1.58. The molecule has 0 N–H and O–H groups in total. The molecule has 0 bridgehead atoms. The van der Waals surface area contributed by atoms with Crippen LogP contribution in [0.25, 0.3) is 0 Å². The van der Waals surface area contributed by atoms with Crippen LogP contribution < -0.4 is 4.90 Å². The van der Waals surface area contributed by atoms with Crippen molar-refractivity contribution in [1.82, 2.24) is 4.90 Å². The van der Waals surface area contributed by atoms with Gasteiger partial charge in [-0.3, -0.25) is 9.69 Å². The van der Waals surface area contributed by atoms with E-state index in [2.05, 4.69) is 0 Å². The number of nitrogens with zero attached hydrogens (tertiary/aromatic N) is 2. The summed E-state index contributed by atoms with van der Waals surface area (Å²) in [6.07, 6.45) is 2.38. The van der Waals surface area contributed by atoms with E-state index in [9.17, 15) is 13.6 Å². The van der Waals surface area contributed by atoms with Crippen molar-refractivity contribution in [1.29, 1.82) is 0 Å². The quantitative estimate of drug-likeness (QED) is 0.805. The molecule has 1 spiro atoms. The molecule has 4 nitrogen and oxygen atoms in total. The van der Waals surface area contributed by atoms with Crippen LogP contribution in [0, 0.1) is 11.6 Å². The van der Waals surface area contributed by atoms with E-state index < -0.39 is 17.2 Å². The van der Waals surface area contributed by atoms with Gasteiger partial charge in [0.25, 0.3) is 5.91 Å². The first-order valence-electron chi connectivity index (χ1n) is 9.75. The number of carbonyl (C=O) groups excluding carboxylic acids is 1. The van der Waals surface area contributed by atoms with Gasteiger partial charge in [-0.25, -0.2) is 8.78 Å². The van der Waals surface area contributed by atoms with Crippen LogP contribution in [0.15, 0.2) is 48.5 Å². The highest BCUT2D eigenvalue weighted by Crippen LogP contribution is 2.33. The summed E-state index contributed by atoms with van der Waals surface area (Å²) in [5.74, 6) is -1.17. The smallest absolute Gasteiger partial charge is 0.260 e. The Morgan fingerprint density at radius 2 is 1.71 bits per heavy atom. The highest BCUT2D eigenvalue weighted by atomic mass is 19.1. The van der Waals surface area contributed by atoms with Crippen LogP contribution in [0.1, 0.15) is 24.8 Å². The number of para-hydroxylation sites is 1. The first-order chi connectivity index (χ1) is 13.6. The van der Waals surface area contributed by atoms with E-state index >= 15 is 0 Å². The van der Waals surface area contributed by atoms with Crippen molar-refractivity contribution in [2.45, 2.75) is 31.4 Å². The van der Waals surface area contributed by atoms with Crippen molar-refractivity contribution in [3.63, 3.8) is 0 Å². The predicted molar refractivity (Wildman–Crippen MR) is 103 cm³/mol. The van der Waals surface area contributed by atoms with Gasteiger partial charge in [0.15, 0.2) is 5.60 Å². The lowest BCUT2D eigenvalue weighted by Crippen LogP contribution is -2.60. The largest absolute Gasteiger partial charge is 0.362 e. The number of hydrogen-bond donors (Lipinski definition) is 0. The van der Waals surface area contributed by atoms with E-state index in [1.807, 2.05) is 35.2 Å². The molecule has 2 aliphatic heterocycles. The van der Waals surface area contributed by atoms with Gasteiger partial charge in [-0.2, -0.15) is 0 Å². The molecule has 0 aromatic heterocycles. The Hall–Kier alpha value is -2.31. The molecule has 6 heteroatoms. The zero-order valence-corrected chi connectivity index (χ0v) is 15.7. The number of rotatable bonds is 3. The fraction of sp³-hybridized carbons (Fsp3) is 0.409. The zero-order valence-electron chi connectivity index (χ0n) is 15.7. The number of hydrogen-bond acceptors (Lipinski definition) is 3. The third-order valence-electron chi connectivity index (χ3n) is 5.62. The Labute approximate surface area is 163 Å². The Bertz CT molecular complexity index is 825. The lowest BCUT2D eigenvalue weighted by molar-refractivity contribution is -0.158. The minimum atomic E-state index is -0.966. The Morgan fingerprint density at radius 3 is 2.46 bits per heavy atom. The van der Waals surface area contributed by atoms with Crippen molar-refractivity contribution in [2.75, 3.05) is 31.1 Å². The Morgan fingerprint density at radius 1 is 0.964 bits per heavy atom. The predicted octanol–water partition coefficient (Wildman–Crippen LogP) is 3.75. The molecule has 2 saturated heterocycles. The molecule has 1 unspecified atom stereocenters. The molecule has 1 amide bonds. The molecule has 2 aliphatic rings. The summed E-state index contributed by atoms with van der Waals surface area (Å²) in [6, 6.07) is 13.5. The fourth-order valence-electron chi connectivity index (χ4n) is 4.17. The zero-order chi connectivity index (χ0) is 19.6. The first kappa shape index (κ1) is 19.0. The van der Waals surface area contributed by atoms with Gasteiger partial charge in [0.05, 0.1) is 6.61 Å². The molecule has 2 fully saturated rings. The molecular formula is C22H24F2N2O2. The second-order valence-corrected chi connectivity index (χ2v) is 7.50. The van der Waals surface area contributed by atoms with Gasteiger partial charge in [-0.15, -0.1) is 0 Å². The SMILES string of the molecule is O=C1N(c2ccccc2)CCCCC12CN(Cc1c(F)cccc1F)CCO2. The molecule has 28 heavy (non-hydrogen) atoms. The van der Waals surface area contributed by atoms with Gasteiger partial charge in [-0.1, -0.05) is 24.3 Å². The van der Waals surface area contributed by atoms with E-state index in [0.29, 0.717) is 32.7 Å². The van der Waals surface area contributed by atoms with Crippen molar-refractivity contribution in [3.05, 3.63) is 65.7 Å². The number of halogens is 2. The van der Waals surface area contributed by atoms with Gasteiger partial charge < -0.3 is 9.64 Å². The molecule has 148 valence electrons. The number of benzene rings is 2. The standard InChI is InChI=1S/C22H24F2N2O2/c23-19-9-6-10-20(24)18(19)15-25-13-14-28-22(16-25)11-4-5-12-26(21(22)27)17-7-2-1-3-8-17/h1-3,6-10H,4-5,11-16H2. The average molecular weight is 386 g/mol. The maximum atomic E-state index is 14.1. The summed E-state index contributed by atoms with van der Waals surface area (Å²) in [4.78, 5) is 17.2. The average Bonchev–Trinajstić information content (AvgIpc) is 2.85. The second-order valence-electron chi connectivity index (χ2n) is 7.50. The third kappa shape index (κ3) is 3.66. The van der Waals surface area contributed by atoms with Crippen LogP contribution >= 0.6 is 0 Å². The summed E-state index contributed by atoms with van der Waals surface area (Å²) >= 11 is 0. The monoisotopic (exact) mass is 386 g/mol. The number of morpholine rings is 1. The lowest BCUT2D eigenvalue weighted by Gasteiger charge is -2.42. The van der Waals surface area contributed by atoms with Crippen molar-refractivity contribution in [2.24, 2.45) is 0 Å². The molecule has 4 rings (SSSR count). The number of amides is 1. The normalized spacial score (nSPS) is 23.8. The van der Waals surface area contributed by atoms with Gasteiger partial charge in [0.2, 0.25) is 0 Å². The molecule has 0 aliphatic carbocycles. The van der Waals surface area contributed by atoms with Crippen molar-refractivity contribution < 1.29 is 18.3 Å². The van der Waals surface area contributed by atoms with Crippen LogP contribution in [-0.4, -0.2) is 42.6 Å². The second kappa shape index (κ2) is 7.97. The Kier molecular flexibility index (Phi) is 5.42. The van der Waals surface area contributed by atoms with E-state index in [1.165, 1.54) is 18.2 Å². The maximum absolute atomic E-state index is 14.1. The van der Waals surface area contributed by atoms with Crippen molar-refractivity contribution >= 4 is 11.6 Å². The molecule has 2 heterocycles. The third-order valence-corrected chi connectivity index (χ3v) is 5.62. The molecular weight excluding hydrogens is 362 g/mol. The molecule has 2 aromatic rings. The van der Waals surface area contributed by atoms with Crippen molar-refractivity contribution in [3.8, 4) is 0 Å². The minimum Gasteiger partial charge on any atom is -0.362 e. The van der Waals surface area contributed by atoms with Gasteiger partial charge >= 0.3 is 0 Å². The fourth-order valence-corrected chi connectivity index (χ4v) is 4.17. The van der Waals surface area contributed by atoms with E-state index in [0.717, 1.165) is 18.5 Å². The highest BCUT2D eigenvalue weighted by Gasteiger charge is 2.47. The maximum Gasteiger partial charge on any atom is 0.260 e. The van der Waals surface area contributed by atoms with Gasteiger partial charge in [-0.05, 0) is 43.5 Å². The molecule has 2 aromatic carbocycles. The molecule has 0 radical (unpaired) electrons. The molecule has 1 atom stereocenters. The summed E-state index contributed by atoms with van der Waals surface area (Å²) in [5.41, 5.74) is -0.0676. The number of anilines is 1. The minimum absolute atomic E-state index is 0.0422.